The molecule has 24 heavy (non-hydrogen) atoms. The van der Waals surface area contributed by atoms with Crippen LogP contribution in [0, 0.1) is 6.92 Å². The predicted octanol–water partition coefficient (Wildman–Crippen LogP) is 1.38. The Morgan fingerprint density at radius 1 is 1.33 bits per heavy atom. The van der Waals surface area contributed by atoms with E-state index in [4.69, 9.17) is 0 Å². The molecule has 7 nitrogen and oxygen atoms in total. The fraction of sp³-hybridized carbons (Fsp3) is 0.385. The third-order valence-electron chi connectivity index (χ3n) is 3.30. The zero-order valence-corrected chi connectivity index (χ0v) is 13.7. The van der Waals surface area contributed by atoms with Crippen molar-refractivity contribution in [3.8, 4) is 5.75 Å². The van der Waals surface area contributed by atoms with Gasteiger partial charge in [-0.3, -0.25) is 4.79 Å². The molecule has 132 valence electrons. The van der Waals surface area contributed by atoms with Crippen molar-refractivity contribution in [2.75, 3.05) is 14.1 Å². The Bertz CT molecular complexity index is 917. The van der Waals surface area contributed by atoms with Crippen LogP contribution in [0.2, 0.25) is 0 Å². The Labute approximate surface area is 135 Å². The van der Waals surface area contributed by atoms with Crippen molar-refractivity contribution in [2.45, 2.75) is 18.9 Å². The second-order valence-electron chi connectivity index (χ2n) is 5.32. The molecule has 0 saturated carbocycles. The number of imidazole rings is 1. The molecule has 0 radical (unpaired) electrons. The highest BCUT2D eigenvalue weighted by Crippen LogP contribution is 2.33. The number of aryl methyl sites for hydroxylation is 1. The number of likely N-dealkylation sites (N-methyl/N-ethyl adjacent to an activating group) is 1. The van der Waals surface area contributed by atoms with Crippen LogP contribution in [-0.2, 0) is 21.2 Å². The second kappa shape index (κ2) is 5.65. The minimum absolute atomic E-state index is 0.0195. The zero-order chi connectivity index (χ0) is 18.4. The molecular weight excluding hydrogens is 351 g/mol. The van der Waals surface area contributed by atoms with Crippen LogP contribution in [0.15, 0.2) is 12.1 Å². The van der Waals surface area contributed by atoms with E-state index in [1.165, 1.54) is 25.1 Å². The molecule has 0 bridgehead atoms. The number of carbonyl (C=O) groups excluding carboxylic acids is 1. The fourth-order valence-electron chi connectivity index (χ4n) is 2.15. The van der Waals surface area contributed by atoms with E-state index in [9.17, 15) is 31.5 Å². The number of halogens is 3. The first kappa shape index (κ1) is 18.0. The number of aromatic hydroxyl groups is 1. The smallest absolute Gasteiger partial charge is 0.506 e. The number of hydrogen-bond donors (Lipinski definition) is 1. The molecule has 1 heterocycles. The van der Waals surface area contributed by atoms with E-state index < -0.39 is 32.6 Å². The highest BCUT2D eigenvalue weighted by atomic mass is 32.2. The molecular formula is C13H14F3N3O4S. The Balaban J connectivity index is 2.73. The molecule has 0 unspecified atom stereocenters. The highest BCUT2D eigenvalue weighted by Gasteiger charge is 2.48. The number of phenols is 1. The molecule has 0 aliphatic rings. The summed E-state index contributed by atoms with van der Waals surface area (Å²) in [6.45, 7) is 1.08. The van der Waals surface area contributed by atoms with Crippen molar-refractivity contribution in [3.05, 3.63) is 23.5 Å². The monoisotopic (exact) mass is 365 g/mol. The molecule has 11 heteroatoms. The van der Waals surface area contributed by atoms with Crippen LogP contribution in [0.1, 0.15) is 11.4 Å². The summed E-state index contributed by atoms with van der Waals surface area (Å²) in [5.74, 6) is -1.32. The van der Waals surface area contributed by atoms with Crippen LogP contribution in [0.25, 0.3) is 11.0 Å². The number of nitrogens with zero attached hydrogens (tertiary/aromatic N) is 3. The van der Waals surface area contributed by atoms with E-state index in [1.807, 2.05) is 0 Å². The molecule has 1 aromatic carbocycles. The van der Waals surface area contributed by atoms with Gasteiger partial charge < -0.3 is 10.0 Å². The second-order valence-corrected chi connectivity index (χ2v) is 7.10. The molecule has 0 aliphatic heterocycles. The Morgan fingerprint density at radius 3 is 2.42 bits per heavy atom. The average Bonchev–Trinajstić information content (AvgIpc) is 2.74. The maximum atomic E-state index is 12.9. The topological polar surface area (TPSA) is 92.5 Å². The molecule has 2 rings (SSSR count). The van der Waals surface area contributed by atoms with Crippen LogP contribution in [-0.4, -0.2) is 52.9 Å². The number of alkyl halides is 3. The lowest BCUT2D eigenvalue weighted by atomic mass is 10.1. The van der Waals surface area contributed by atoms with Gasteiger partial charge in [0.15, 0.2) is 0 Å². The Kier molecular flexibility index (Phi) is 4.25. The number of rotatable bonds is 3. The molecule has 0 atom stereocenters. The quantitative estimate of drug-likeness (QED) is 0.887. The summed E-state index contributed by atoms with van der Waals surface area (Å²) in [6, 6.07) is 2.26. The molecule has 0 fully saturated rings. The van der Waals surface area contributed by atoms with E-state index in [2.05, 4.69) is 4.98 Å². The van der Waals surface area contributed by atoms with Gasteiger partial charge in [0.05, 0.1) is 11.9 Å². The Hall–Kier alpha value is -2.30. The summed E-state index contributed by atoms with van der Waals surface area (Å²) in [6.07, 6.45) is -0.215. The first-order valence-corrected chi connectivity index (χ1v) is 8.03. The maximum absolute atomic E-state index is 12.9. The van der Waals surface area contributed by atoms with Gasteiger partial charge in [-0.15, -0.1) is 0 Å². The van der Waals surface area contributed by atoms with Crippen molar-refractivity contribution >= 4 is 27.0 Å². The molecule has 1 aromatic heterocycles. The standard InChI is InChI=1S/C13H14F3N3O4S/c1-7-17-12-9(19(7)24(22,23)13(14,15)16)4-8(5-10(12)20)6-11(21)18(2)3/h4-5,20H,6H2,1-3H3. The van der Waals surface area contributed by atoms with Gasteiger partial charge in [0.25, 0.3) is 0 Å². The van der Waals surface area contributed by atoms with Gasteiger partial charge in [-0.1, -0.05) is 0 Å². The van der Waals surface area contributed by atoms with Gasteiger partial charge in [-0.05, 0) is 24.6 Å². The van der Waals surface area contributed by atoms with Crippen molar-refractivity contribution in [3.63, 3.8) is 0 Å². The minimum atomic E-state index is -5.72. The van der Waals surface area contributed by atoms with E-state index in [0.29, 0.717) is 0 Å². The molecule has 1 N–H and O–H groups in total. The third kappa shape index (κ3) is 2.90. The van der Waals surface area contributed by atoms with Crippen LogP contribution in [0.4, 0.5) is 13.2 Å². The van der Waals surface area contributed by atoms with Crippen LogP contribution in [0.3, 0.4) is 0 Å². The van der Waals surface area contributed by atoms with Crippen LogP contribution < -0.4 is 0 Å². The predicted molar refractivity (Wildman–Crippen MR) is 78.9 cm³/mol. The molecule has 1 amide bonds. The number of benzene rings is 1. The van der Waals surface area contributed by atoms with Gasteiger partial charge >= 0.3 is 15.5 Å². The van der Waals surface area contributed by atoms with Gasteiger partial charge in [-0.25, -0.2) is 8.96 Å². The largest absolute Gasteiger partial charge is 0.517 e. The van der Waals surface area contributed by atoms with Gasteiger partial charge in [0.2, 0.25) is 5.91 Å². The Morgan fingerprint density at radius 2 is 1.92 bits per heavy atom. The number of hydrogen-bond acceptors (Lipinski definition) is 5. The maximum Gasteiger partial charge on any atom is 0.517 e. The first-order chi connectivity index (χ1) is 10.9. The minimum Gasteiger partial charge on any atom is -0.506 e. The van der Waals surface area contributed by atoms with Crippen molar-refractivity contribution < 1.29 is 31.5 Å². The molecule has 0 spiro atoms. The zero-order valence-electron chi connectivity index (χ0n) is 12.9. The number of fused-ring (bicyclic) bond motifs is 1. The van der Waals surface area contributed by atoms with Crippen molar-refractivity contribution in [1.29, 1.82) is 0 Å². The normalized spacial score (nSPS) is 12.6. The molecule has 0 saturated heterocycles. The van der Waals surface area contributed by atoms with Crippen molar-refractivity contribution in [2.24, 2.45) is 0 Å². The van der Waals surface area contributed by atoms with Gasteiger partial charge in [0, 0.05) is 14.1 Å². The summed E-state index contributed by atoms with van der Waals surface area (Å²) in [5, 5.41) is 9.93. The van der Waals surface area contributed by atoms with Gasteiger partial charge in [0.1, 0.15) is 17.1 Å². The number of phenolic OH excluding ortho intramolecular Hbond substituents is 1. The molecule has 0 aliphatic carbocycles. The summed E-state index contributed by atoms with van der Waals surface area (Å²) in [7, 11) is -2.74. The lowest BCUT2D eigenvalue weighted by Gasteiger charge is -2.13. The van der Waals surface area contributed by atoms with Gasteiger partial charge in [-0.2, -0.15) is 21.6 Å². The number of carbonyl (C=O) groups is 1. The van der Waals surface area contributed by atoms with E-state index in [1.54, 1.807) is 0 Å². The highest BCUT2D eigenvalue weighted by molar-refractivity contribution is 7.91. The summed E-state index contributed by atoms with van der Waals surface area (Å²) < 4.78 is 62.1. The molecule has 2 aromatic rings. The lowest BCUT2D eigenvalue weighted by molar-refractivity contribution is -0.127. The summed E-state index contributed by atoms with van der Waals surface area (Å²) >= 11 is 0. The average molecular weight is 365 g/mol. The van der Waals surface area contributed by atoms with Crippen LogP contribution in [0.5, 0.6) is 5.75 Å². The fourth-order valence-corrected chi connectivity index (χ4v) is 3.15. The summed E-state index contributed by atoms with van der Waals surface area (Å²) in [5.41, 5.74) is -6.10. The van der Waals surface area contributed by atoms with E-state index in [-0.39, 0.29) is 27.4 Å². The van der Waals surface area contributed by atoms with E-state index >= 15 is 0 Å². The van der Waals surface area contributed by atoms with E-state index in [0.717, 1.165) is 13.0 Å². The number of amides is 1. The summed E-state index contributed by atoms with van der Waals surface area (Å²) in [4.78, 5) is 16.7. The first-order valence-electron chi connectivity index (χ1n) is 6.59. The number of aromatic nitrogens is 2. The van der Waals surface area contributed by atoms with Crippen LogP contribution >= 0.6 is 0 Å². The SMILES string of the molecule is Cc1nc2c(O)cc(CC(=O)N(C)C)cc2n1S(=O)(=O)C(F)(F)F. The third-order valence-corrected chi connectivity index (χ3v) is 4.83. The lowest BCUT2D eigenvalue weighted by Crippen LogP contribution is -2.30. The van der Waals surface area contributed by atoms with Crippen molar-refractivity contribution in [1.82, 2.24) is 13.9 Å².